The first-order valence-electron chi connectivity index (χ1n) is 6.35. The van der Waals surface area contributed by atoms with Crippen LogP contribution < -0.4 is 4.90 Å². The molecule has 0 aliphatic heterocycles. The second kappa shape index (κ2) is 6.69. The van der Waals surface area contributed by atoms with Gasteiger partial charge < -0.3 is 10.0 Å². The zero-order valence-corrected chi connectivity index (χ0v) is 11.0. The summed E-state index contributed by atoms with van der Waals surface area (Å²) in [7, 11) is 0. The predicted molar refractivity (Wildman–Crippen MR) is 76.0 cm³/mol. The summed E-state index contributed by atoms with van der Waals surface area (Å²) >= 11 is 0. The molecule has 4 heteroatoms. The van der Waals surface area contributed by atoms with Crippen molar-refractivity contribution in [1.82, 2.24) is 0 Å². The monoisotopic (exact) mass is 270 g/mol. The largest absolute Gasteiger partial charge is 0.391 e. The molecule has 3 nitrogen and oxygen atoms in total. The van der Waals surface area contributed by atoms with Crippen LogP contribution in [0.2, 0.25) is 0 Å². The van der Waals surface area contributed by atoms with Crippen molar-refractivity contribution in [2.75, 3.05) is 11.4 Å². The van der Waals surface area contributed by atoms with Gasteiger partial charge >= 0.3 is 0 Å². The molecule has 1 N–H and O–H groups in total. The molecule has 2 aromatic rings. The van der Waals surface area contributed by atoms with Gasteiger partial charge in [-0.15, -0.1) is 0 Å². The van der Waals surface area contributed by atoms with Crippen LogP contribution in [0, 0.1) is 17.1 Å². The van der Waals surface area contributed by atoms with Crippen LogP contribution in [0.4, 0.5) is 15.8 Å². The van der Waals surface area contributed by atoms with Crippen molar-refractivity contribution >= 4 is 11.4 Å². The minimum atomic E-state index is -0.442. The van der Waals surface area contributed by atoms with Crippen LogP contribution in [-0.4, -0.2) is 11.7 Å². The molecule has 20 heavy (non-hydrogen) atoms. The van der Waals surface area contributed by atoms with Crippen LogP contribution in [0.25, 0.3) is 0 Å². The summed E-state index contributed by atoms with van der Waals surface area (Å²) < 4.78 is 13.8. The van der Waals surface area contributed by atoms with Gasteiger partial charge in [0.15, 0.2) is 0 Å². The highest BCUT2D eigenvalue weighted by molar-refractivity contribution is 5.66. The summed E-state index contributed by atoms with van der Waals surface area (Å²) in [6, 6.07) is 16.2. The zero-order valence-electron chi connectivity index (χ0n) is 11.0. The molecule has 0 spiro atoms. The van der Waals surface area contributed by atoms with Gasteiger partial charge in [0.1, 0.15) is 5.82 Å². The highest BCUT2D eigenvalue weighted by atomic mass is 19.1. The molecular formula is C16H15FN2O. The molecule has 0 saturated carbocycles. The molecule has 0 bridgehead atoms. The number of nitriles is 1. The maximum atomic E-state index is 13.8. The Bertz CT molecular complexity index is 608. The molecule has 0 heterocycles. The molecule has 0 aliphatic rings. The van der Waals surface area contributed by atoms with E-state index in [9.17, 15) is 9.50 Å². The Kier molecular flexibility index (Phi) is 4.70. The normalized spacial score (nSPS) is 10.1. The number of aliphatic hydroxyl groups excluding tert-OH is 1. The third-order valence-electron chi connectivity index (χ3n) is 3.06. The van der Waals surface area contributed by atoms with E-state index < -0.39 is 5.82 Å². The van der Waals surface area contributed by atoms with Gasteiger partial charge in [-0.1, -0.05) is 24.3 Å². The zero-order chi connectivity index (χ0) is 14.4. The Morgan fingerprint density at radius 1 is 1.10 bits per heavy atom. The number of benzene rings is 2. The highest BCUT2D eigenvalue weighted by Gasteiger charge is 2.15. The maximum absolute atomic E-state index is 13.8. The smallest absolute Gasteiger partial charge is 0.130 e. The van der Waals surface area contributed by atoms with Crippen LogP contribution in [0.3, 0.4) is 0 Å². The minimum Gasteiger partial charge on any atom is -0.391 e. The SMILES string of the molecule is N#CCCN(c1ccccc1)c1cccc(F)c1CO. The quantitative estimate of drug-likeness (QED) is 0.906. The average Bonchev–Trinajstić information content (AvgIpc) is 2.49. The number of aliphatic hydroxyl groups is 1. The molecule has 0 aromatic heterocycles. The molecule has 2 aromatic carbocycles. The Hall–Kier alpha value is -2.38. The predicted octanol–water partition coefficient (Wildman–Crippen LogP) is 3.37. The van der Waals surface area contributed by atoms with E-state index in [1.165, 1.54) is 6.07 Å². The van der Waals surface area contributed by atoms with Gasteiger partial charge in [0.05, 0.1) is 19.1 Å². The standard InChI is InChI=1S/C16H15FN2O/c17-15-8-4-9-16(14(15)12-20)19(11-5-10-18)13-6-2-1-3-7-13/h1-4,6-9,20H,5,11-12H2. The highest BCUT2D eigenvalue weighted by Crippen LogP contribution is 2.30. The first kappa shape index (κ1) is 14.0. The summed E-state index contributed by atoms with van der Waals surface area (Å²) in [6.45, 7) is 0.0643. The van der Waals surface area contributed by atoms with Gasteiger partial charge in [0.2, 0.25) is 0 Å². The summed E-state index contributed by atoms with van der Waals surface area (Å²) in [5, 5.41) is 18.2. The topological polar surface area (TPSA) is 47.3 Å². The van der Waals surface area contributed by atoms with E-state index in [2.05, 4.69) is 6.07 Å². The van der Waals surface area contributed by atoms with Crippen molar-refractivity contribution in [2.24, 2.45) is 0 Å². The molecular weight excluding hydrogens is 255 g/mol. The van der Waals surface area contributed by atoms with Crippen LogP contribution in [-0.2, 0) is 6.61 Å². The van der Waals surface area contributed by atoms with Crippen molar-refractivity contribution in [3.05, 3.63) is 59.9 Å². The minimum absolute atomic E-state index is 0.245. The summed E-state index contributed by atoms with van der Waals surface area (Å²) in [5.41, 5.74) is 1.70. The third kappa shape index (κ3) is 2.95. The molecule has 0 fully saturated rings. The first-order valence-corrected chi connectivity index (χ1v) is 6.35. The fourth-order valence-electron chi connectivity index (χ4n) is 2.12. The van der Waals surface area contributed by atoms with Crippen molar-refractivity contribution in [1.29, 1.82) is 5.26 Å². The molecule has 0 atom stereocenters. The van der Waals surface area contributed by atoms with Crippen LogP contribution >= 0.6 is 0 Å². The summed E-state index contributed by atoms with van der Waals surface area (Å²) in [4.78, 5) is 1.85. The fraction of sp³-hybridized carbons (Fsp3) is 0.188. The number of hydrogen-bond acceptors (Lipinski definition) is 3. The van der Waals surface area contributed by atoms with Gasteiger partial charge in [0, 0.05) is 23.5 Å². The molecule has 0 aliphatic carbocycles. The number of rotatable bonds is 5. The number of anilines is 2. The second-order valence-corrected chi connectivity index (χ2v) is 4.29. The van der Waals surface area contributed by atoms with Gasteiger partial charge in [-0.3, -0.25) is 0 Å². The molecule has 0 saturated heterocycles. The summed E-state index contributed by atoms with van der Waals surface area (Å²) in [6.07, 6.45) is 0.316. The van der Waals surface area contributed by atoms with Gasteiger partial charge in [0.25, 0.3) is 0 Å². The lowest BCUT2D eigenvalue weighted by atomic mass is 10.1. The molecule has 102 valence electrons. The number of hydrogen-bond donors (Lipinski definition) is 1. The number of para-hydroxylation sites is 1. The van der Waals surface area contributed by atoms with E-state index in [0.29, 0.717) is 18.7 Å². The van der Waals surface area contributed by atoms with Crippen molar-refractivity contribution in [3.63, 3.8) is 0 Å². The third-order valence-corrected chi connectivity index (χ3v) is 3.06. The van der Waals surface area contributed by atoms with Crippen LogP contribution in [0.1, 0.15) is 12.0 Å². The van der Waals surface area contributed by atoms with Crippen LogP contribution in [0.5, 0.6) is 0 Å². The summed E-state index contributed by atoms with van der Waals surface area (Å²) in [5.74, 6) is -0.442. The Morgan fingerprint density at radius 2 is 1.85 bits per heavy atom. The van der Waals surface area contributed by atoms with Gasteiger partial charge in [-0.25, -0.2) is 4.39 Å². The van der Waals surface area contributed by atoms with E-state index in [1.807, 2.05) is 35.2 Å². The lowest BCUT2D eigenvalue weighted by Crippen LogP contribution is -2.20. The second-order valence-electron chi connectivity index (χ2n) is 4.29. The lowest BCUT2D eigenvalue weighted by Gasteiger charge is -2.26. The van der Waals surface area contributed by atoms with Crippen molar-refractivity contribution in [3.8, 4) is 6.07 Å². The van der Waals surface area contributed by atoms with Crippen molar-refractivity contribution < 1.29 is 9.50 Å². The van der Waals surface area contributed by atoms with E-state index in [0.717, 1.165) is 5.69 Å². The van der Waals surface area contributed by atoms with E-state index in [1.54, 1.807) is 12.1 Å². The Balaban J connectivity index is 2.47. The van der Waals surface area contributed by atoms with Crippen LogP contribution in [0.15, 0.2) is 48.5 Å². The Morgan fingerprint density at radius 3 is 2.50 bits per heavy atom. The van der Waals surface area contributed by atoms with Gasteiger partial charge in [-0.2, -0.15) is 5.26 Å². The number of halogens is 1. The Labute approximate surface area is 117 Å². The lowest BCUT2D eigenvalue weighted by molar-refractivity contribution is 0.276. The number of nitrogens with zero attached hydrogens (tertiary/aromatic N) is 2. The van der Waals surface area contributed by atoms with E-state index >= 15 is 0 Å². The van der Waals surface area contributed by atoms with Crippen molar-refractivity contribution in [2.45, 2.75) is 13.0 Å². The maximum Gasteiger partial charge on any atom is 0.130 e. The molecule has 2 rings (SSSR count). The van der Waals surface area contributed by atoms with Gasteiger partial charge in [-0.05, 0) is 24.3 Å². The molecule has 0 radical (unpaired) electrons. The fourth-order valence-corrected chi connectivity index (χ4v) is 2.12. The first-order chi connectivity index (χ1) is 9.77. The molecule has 0 amide bonds. The van der Waals surface area contributed by atoms with E-state index in [4.69, 9.17) is 5.26 Å². The average molecular weight is 270 g/mol. The molecule has 0 unspecified atom stereocenters. The van der Waals surface area contributed by atoms with E-state index in [-0.39, 0.29) is 12.2 Å².